The molecule has 27 heavy (non-hydrogen) atoms. The number of ether oxygens (including phenoxy) is 2. The van der Waals surface area contributed by atoms with E-state index >= 15 is 0 Å². The van der Waals surface area contributed by atoms with E-state index < -0.39 is 0 Å². The monoisotopic (exact) mass is 373 g/mol. The van der Waals surface area contributed by atoms with Gasteiger partial charge in [-0.2, -0.15) is 0 Å². The molecule has 0 spiro atoms. The maximum Gasteiger partial charge on any atom is 0.322 e. The lowest BCUT2D eigenvalue weighted by Crippen LogP contribution is -2.32. The van der Waals surface area contributed by atoms with Crippen molar-refractivity contribution in [3.05, 3.63) is 36.4 Å². The summed E-state index contributed by atoms with van der Waals surface area (Å²) in [6, 6.07) is 7.42. The summed E-state index contributed by atoms with van der Waals surface area (Å²) < 4.78 is 13.4. The predicted molar refractivity (Wildman–Crippen MR) is 102 cm³/mol. The van der Waals surface area contributed by atoms with Gasteiger partial charge < -0.3 is 24.3 Å². The Labute approximate surface area is 159 Å². The van der Waals surface area contributed by atoms with Gasteiger partial charge in [-0.3, -0.25) is 0 Å². The average molecular weight is 373 g/mol. The van der Waals surface area contributed by atoms with Crippen LogP contribution in [-0.4, -0.2) is 52.1 Å². The fourth-order valence-corrected chi connectivity index (χ4v) is 2.96. The molecule has 2 aromatic rings. The molecule has 0 aliphatic carbocycles. The summed E-state index contributed by atoms with van der Waals surface area (Å²) in [5, 5.41) is 11.0. The summed E-state index contributed by atoms with van der Waals surface area (Å²) >= 11 is 0. The highest BCUT2D eigenvalue weighted by Crippen LogP contribution is 2.25. The first-order valence-corrected chi connectivity index (χ1v) is 9.28. The van der Waals surface area contributed by atoms with Crippen LogP contribution in [0.1, 0.15) is 38.6 Å². The van der Waals surface area contributed by atoms with Gasteiger partial charge in [-0.05, 0) is 38.8 Å². The Morgan fingerprint density at radius 2 is 2.26 bits per heavy atom. The lowest BCUT2D eigenvalue weighted by Gasteiger charge is -2.20. The molecule has 0 bridgehead atoms. The molecule has 3 rings (SSSR count). The number of hydrogen-bond acceptors (Lipinski definition) is 5. The second-order valence-electron chi connectivity index (χ2n) is 6.98. The summed E-state index contributed by atoms with van der Waals surface area (Å²) in [4.78, 5) is 14.2. The smallest absolute Gasteiger partial charge is 0.322 e. The van der Waals surface area contributed by atoms with Crippen LogP contribution in [0, 0.1) is 0 Å². The zero-order valence-electron chi connectivity index (χ0n) is 16.1. The zero-order chi connectivity index (χ0) is 19.2. The van der Waals surface area contributed by atoms with Gasteiger partial charge in [-0.15, -0.1) is 10.2 Å². The number of para-hydroxylation sites is 2. The molecule has 0 unspecified atom stereocenters. The van der Waals surface area contributed by atoms with Gasteiger partial charge in [0.25, 0.3) is 0 Å². The normalized spacial score (nSPS) is 16.5. The third-order valence-electron chi connectivity index (χ3n) is 4.51. The molecule has 1 aliphatic heterocycles. The fourth-order valence-electron chi connectivity index (χ4n) is 2.96. The molecule has 2 heterocycles. The molecule has 1 aromatic heterocycles. The summed E-state index contributed by atoms with van der Waals surface area (Å²) in [7, 11) is 1.73. The first kappa shape index (κ1) is 19.2. The minimum Gasteiger partial charge on any atom is -0.489 e. The van der Waals surface area contributed by atoms with E-state index in [1.807, 2.05) is 28.8 Å². The van der Waals surface area contributed by atoms with Gasteiger partial charge in [-0.25, -0.2) is 4.79 Å². The summed E-state index contributed by atoms with van der Waals surface area (Å²) in [6.07, 6.45) is 3.88. The molecule has 8 heteroatoms. The summed E-state index contributed by atoms with van der Waals surface area (Å²) in [5.74, 6) is 1.38. The predicted octanol–water partition coefficient (Wildman–Crippen LogP) is 3.08. The number of carbonyl (C=O) groups excluding carboxylic acids is 1. The molecule has 1 aliphatic rings. The van der Waals surface area contributed by atoms with Crippen LogP contribution in [0.15, 0.2) is 30.6 Å². The van der Waals surface area contributed by atoms with E-state index in [0.717, 1.165) is 25.3 Å². The molecule has 1 aromatic carbocycles. The molecule has 1 atom stereocenters. The van der Waals surface area contributed by atoms with Crippen LogP contribution in [0.3, 0.4) is 0 Å². The molecule has 1 N–H and O–H groups in total. The van der Waals surface area contributed by atoms with Crippen molar-refractivity contribution < 1.29 is 14.3 Å². The molecular formula is C19H27N5O3. The summed E-state index contributed by atoms with van der Waals surface area (Å²) in [6.45, 7) is 5.74. The molecule has 0 radical (unpaired) electrons. The van der Waals surface area contributed by atoms with E-state index in [-0.39, 0.29) is 18.2 Å². The average Bonchev–Trinajstić information content (AvgIpc) is 3.32. The molecule has 2 amide bonds. The number of carbonyl (C=O) groups is 1. The van der Waals surface area contributed by atoms with Crippen molar-refractivity contribution in [2.75, 3.05) is 25.6 Å². The Morgan fingerprint density at radius 1 is 1.44 bits per heavy atom. The Kier molecular flexibility index (Phi) is 6.28. The molecular weight excluding hydrogens is 346 g/mol. The van der Waals surface area contributed by atoms with Crippen molar-refractivity contribution in [2.24, 2.45) is 0 Å². The van der Waals surface area contributed by atoms with Crippen LogP contribution in [-0.2, 0) is 11.3 Å². The largest absolute Gasteiger partial charge is 0.489 e. The summed E-state index contributed by atoms with van der Waals surface area (Å²) in [5.41, 5.74) is 0.637. The van der Waals surface area contributed by atoms with Crippen LogP contribution in [0.2, 0.25) is 0 Å². The lowest BCUT2D eigenvalue weighted by atomic mass is 10.2. The maximum atomic E-state index is 12.6. The SMILES string of the molecule is CC(C)n1cnnc1CN(C)C(=O)Nc1ccccc1OC[C@@H]1CCCO1. The number of hydrogen-bond donors (Lipinski definition) is 1. The number of aromatic nitrogens is 3. The van der Waals surface area contributed by atoms with Crippen LogP contribution >= 0.6 is 0 Å². The van der Waals surface area contributed by atoms with E-state index in [1.165, 1.54) is 0 Å². The van der Waals surface area contributed by atoms with Gasteiger partial charge in [0, 0.05) is 19.7 Å². The van der Waals surface area contributed by atoms with Crippen LogP contribution in [0.4, 0.5) is 10.5 Å². The standard InChI is InChI=1S/C19H27N5O3/c1-14(2)24-13-20-22-18(24)11-23(3)19(25)21-16-8-4-5-9-17(16)27-12-15-7-6-10-26-15/h4-5,8-9,13-15H,6-7,10-12H2,1-3H3,(H,21,25)/t15-/m0/s1. The van der Waals surface area contributed by atoms with Crippen LogP contribution < -0.4 is 10.1 Å². The highest BCUT2D eigenvalue weighted by molar-refractivity contribution is 5.90. The Morgan fingerprint density at radius 3 is 3.00 bits per heavy atom. The van der Waals surface area contributed by atoms with Crippen molar-refractivity contribution >= 4 is 11.7 Å². The Hall–Kier alpha value is -2.61. The maximum absolute atomic E-state index is 12.6. The second-order valence-corrected chi connectivity index (χ2v) is 6.98. The highest BCUT2D eigenvalue weighted by atomic mass is 16.5. The van der Waals surface area contributed by atoms with Crippen molar-refractivity contribution in [3.63, 3.8) is 0 Å². The number of nitrogens with zero attached hydrogens (tertiary/aromatic N) is 4. The van der Waals surface area contributed by atoms with Crippen molar-refractivity contribution in [1.29, 1.82) is 0 Å². The van der Waals surface area contributed by atoms with Gasteiger partial charge in [-0.1, -0.05) is 12.1 Å². The first-order valence-electron chi connectivity index (χ1n) is 9.28. The Balaban J connectivity index is 1.60. The number of rotatable bonds is 7. The van der Waals surface area contributed by atoms with E-state index in [2.05, 4.69) is 29.4 Å². The Bertz CT molecular complexity index is 755. The first-order chi connectivity index (χ1) is 13.0. The van der Waals surface area contributed by atoms with E-state index in [1.54, 1.807) is 18.3 Å². The molecule has 0 saturated carbocycles. The van der Waals surface area contributed by atoms with Crippen molar-refractivity contribution in [1.82, 2.24) is 19.7 Å². The number of amides is 2. The molecule has 1 saturated heterocycles. The number of nitrogens with one attached hydrogen (secondary N) is 1. The third kappa shape index (κ3) is 4.97. The van der Waals surface area contributed by atoms with Crippen molar-refractivity contribution in [3.8, 4) is 5.75 Å². The van der Waals surface area contributed by atoms with Gasteiger partial charge >= 0.3 is 6.03 Å². The fraction of sp³-hybridized carbons (Fsp3) is 0.526. The zero-order valence-corrected chi connectivity index (χ0v) is 16.1. The van der Waals surface area contributed by atoms with E-state index in [9.17, 15) is 4.79 Å². The topological polar surface area (TPSA) is 81.5 Å². The van der Waals surface area contributed by atoms with Crippen LogP contribution in [0.5, 0.6) is 5.75 Å². The van der Waals surface area contributed by atoms with Crippen LogP contribution in [0.25, 0.3) is 0 Å². The second kappa shape index (κ2) is 8.85. The van der Waals surface area contributed by atoms with Gasteiger partial charge in [0.1, 0.15) is 18.7 Å². The third-order valence-corrected chi connectivity index (χ3v) is 4.51. The number of anilines is 1. The number of benzene rings is 1. The molecule has 1 fully saturated rings. The minimum absolute atomic E-state index is 0.124. The van der Waals surface area contributed by atoms with E-state index in [0.29, 0.717) is 24.6 Å². The minimum atomic E-state index is -0.235. The quantitative estimate of drug-likeness (QED) is 0.807. The molecule has 8 nitrogen and oxygen atoms in total. The van der Waals surface area contributed by atoms with Gasteiger partial charge in [0.05, 0.1) is 18.3 Å². The molecule has 146 valence electrons. The van der Waals surface area contributed by atoms with E-state index in [4.69, 9.17) is 9.47 Å². The van der Waals surface area contributed by atoms with Gasteiger partial charge in [0.2, 0.25) is 0 Å². The highest BCUT2D eigenvalue weighted by Gasteiger charge is 2.18. The number of urea groups is 1. The van der Waals surface area contributed by atoms with Gasteiger partial charge in [0.15, 0.2) is 5.82 Å². The lowest BCUT2D eigenvalue weighted by molar-refractivity contribution is 0.0682. The van der Waals surface area contributed by atoms with Crippen molar-refractivity contribution in [2.45, 2.75) is 45.4 Å².